The van der Waals surface area contributed by atoms with E-state index in [4.69, 9.17) is 14.2 Å². The number of hydrogen-bond acceptors (Lipinski definition) is 11. The number of unbranched alkanes of at least 4 members (excludes halogenated alkanes) is 14. The van der Waals surface area contributed by atoms with E-state index in [0.29, 0.717) is 58.8 Å². The summed E-state index contributed by atoms with van der Waals surface area (Å²) in [6.07, 6.45) is 57.8. The molecule has 23 heteroatoms. The van der Waals surface area contributed by atoms with Gasteiger partial charge in [-0.05, 0) is 142 Å². The van der Waals surface area contributed by atoms with Crippen LogP contribution in [0, 0.1) is 5.41 Å². The molecule has 768 valence electrons. The average Bonchev–Trinajstić information content (AvgIpc) is 1.55. The first-order valence-electron chi connectivity index (χ1n) is 51.0. The van der Waals surface area contributed by atoms with Crippen LogP contribution in [0.5, 0.6) is 0 Å². The summed E-state index contributed by atoms with van der Waals surface area (Å²) in [6.45, 7) is 29.1. The van der Waals surface area contributed by atoms with Crippen LogP contribution < -0.4 is 67.4 Å². The van der Waals surface area contributed by atoms with E-state index in [1.807, 2.05) is 24.3 Å². The van der Waals surface area contributed by atoms with Gasteiger partial charge in [-0.25, -0.2) is 4.58 Å². The number of aliphatic carboxylic acids is 2. The van der Waals surface area contributed by atoms with Gasteiger partial charge in [0.25, 0.3) is 19.4 Å². The van der Waals surface area contributed by atoms with E-state index < -0.39 is 19.5 Å². The summed E-state index contributed by atoms with van der Waals surface area (Å²) in [6, 6.07) is 68.2. The number of carboxylic acid groups (broad SMARTS) is 2. The van der Waals surface area contributed by atoms with Crippen molar-refractivity contribution in [3.05, 3.63) is 341 Å². The van der Waals surface area contributed by atoms with Gasteiger partial charge < -0.3 is 91.8 Å². The van der Waals surface area contributed by atoms with Crippen molar-refractivity contribution in [1.82, 2.24) is 0 Å². The normalized spacial score (nSPS) is 18.2. The topological polar surface area (TPSA) is 172 Å². The zero-order valence-corrected chi connectivity index (χ0v) is 90.5. The molecule has 0 radical (unpaired) electrons. The van der Waals surface area contributed by atoms with Crippen LogP contribution in [0.25, 0.3) is 10.8 Å². The van der Waals surface area contributed by atoms with Crippen LogP contribution in [0.15, 0.2) is 302 Å². The van der Waals surface area contributed by atoms with Crippen LogP contribution in [0.4, 0.5) is 41.4 Å². The zero-order valence-electron chi connectivity index (χ0n) is 86.2. The summed E-state index contributed by atoms with van der Waals surface area (Å²) >= 11 is 0. The van der Waals surface area contributed by atoms with Gasteiger partial charge in [-0.3, -0.25) is 36.9 Å². The number of hydrogen-bond donors (Lipinski definition) is 2. The molecule has 0 aromatic heterocycles. The first-order valence-corrected chi connectivity index (χ1v) is 51.0. The van der Waals surface area contributed by atoms with E-state index in [0.717, 1.165) is 79.4 Å². The number of para-hydroxylation sites is 4. The Labute approximate surface area is 887 Å². The highest BCUT2D eigenvalue weighted by Crippen LogP contribution is 2.56. The maximum atomic E-state index is 12.0. The molecule has 2 atom stereocenters. The van der Waals surface area contributed by atoms with Crippen LogP contribution in [-0.4, -0.2) is 146 Å². The number of halogens is 6. The Hall–Kier alpha value is -11.3. The smallest absolute Gasteiger partial charge is 0.762 e. The summed E-state index contributed by atoms with van der Waals surface area (Å²) in [5, 5.41) is 22.1. The maximum Gasteiger partial charge on any atom is 0.762 e. The third-order valence-corrected chi connectivity index (χ3v) is 29.1. The second kappa shape index (κ2) is 58.1. The number of allylic oxidation sites excluding steroid dienone is 18. The molecule has 0 spiro atoms. The van der Waals surface area contributed by atoms with Gasteiger partial charge in [0.05, 0.1) is 29.2 Å². The van der Waals surface area contributed by atoms with Crippen molar-refractivity contribution in [2.75, 3.05) is 80.8 Å². The minimum Gasteiger partial charge on any atom is -1.00 e. The Balaban J connectivity index is 0.000000263. The monoisotopic (exact) mass is 2190 g/mol. The molecule has 0 fully saturated rings. The zero-order chi connectivity index (χ0) is 101. The van der Waals surface area contributed by atoms with Gasteiger partial charge in [-0.1, -0.05) is 349 Å². The van der Waals surface area contributed by atoms with Gasteiger partial charge in [0.2, 0.25) is 11.4 Å². The van der Waals surface area contributed by atoms with Gasteiger partial charge in [0.1, 0.15) is 32.8 Å². The van der Waals surface area contributed by atoms with Crippen molar-refractivity contribution < 1.29 is 128 Å². The van der Waals surface area contributed by atoms with Crippen LogP contribution in [0.3, 0.4) is 0 Å². The minimum absolute atomic E-state index is 0. The molecule has 144 heavy (non-hydrogen) atoms. The number of benzene rings is 8. The Morgan fingerprint density at radius 3 is 1.40 bits per heavy atom. The fourth-order valence-electron chi connectivity index (χ4n) is 22.1. The predicted octanol–water partition coefficient (Wildman–Crippen LogP) is 18.0. The third-order valence-electron chi connectivity index (χ3n) is 29.1. The average molecular weight is 2190 g/mol. The summed E-state index contributed by atoms with van der Waals surface area (Å²) in [4.78, 5) is 63.1. The molecule has 0 bridgehead atoms. The third kappa shape index (κ3) is 30.2. The minimum atomic E-state index is -3.67. The van der Waals surface area contributed by atoms with Crippen LogP contribution in [0.1, 0.15) is 243 Å². The van der Waals surface area contributed by atoms with E-state index >= 15 is 0 Å². The first kappa shape index (κ1) is 118. The molecular formula is C121H149BF4I2N6O10. The summed E-state index contributed by atoms with van der Waals surface area (Å²) < 4.78 is 50.9. The van der Waals surface area contributed by atoms with Crippen molar-refractivity contribution in [3.8, 4) is 0 Å². The van der Waals surface area contributed by atoms with Gasteiger partial charge in [0, 0.05) is 112 Å². The lowest BCUT2D eigenvalue weighted by atomic mass is 9.71. The fourth-order valence-corrected chi connectivity index (χ4v) is 22.1. The molecule has 8 aromatic rings. The van der Waals surface area contributed by atoms with Gasteiger partial charge in [0.15, 0.2) is 36.8 Å². The molecular weight excluding hydrogens is 2040 g/mol. The number of anilines is 3. The Morgan fingerprint density at radius 1 is 0.417 bits per heavy atom. The number of carboxylic acids is 2. The molecule has 8 aromatic carbocycles. The highest BCUT2D eigenvalue weighted by atomic mass is 127. The first-order chi connectivity index (χ1) is 68.2. The summed E-state index contributed by atoms with van der Waals surface area (Å²) in [5.74, 6) is -1.58. The number of likely N-dealkylation sites (N-methyl/N-ethyl adjacent to an activating group) is 1. The van der Waals surface area contributed by atoms with Gasteiger partial charge in [-0.2, -0.15) is 9.15 Å². The molecule has 6 aliphatic rings. The highest BCUT2D eigenvalue weighted by molar-refractivity contribution is 6.33. The standard InChI is InChI=1S/C49H70N2O4.C43H42N2O4.C29H35N2O2.BF3.FH.2HI/c1-5-7-9-11-13-15-17-26-35-49(36-27-18-16-14-12-10-8-6-2)42-29-23-25-31-44(42)50(37-34-47(53)54)46(49)33-21-19-20-32-45-48(3,4)41-28-22-24-30-43(41)51(45)38-39-55-40-52;1-42(30-33-16-6-3-7-17-33)35-20-12-14-22-37(35)44(27-26-41(47)48)39(42)24-10-5-11-25-40-43(2,31-34-18-8-4-9-19-34)36-21-13-15-23-38(36)45(40)28-29-49-32-46;1-28(2)17-18-31(19-20-33-21-32)25(28)13-7-6-8-14-26-29(3,4)27-23-12-10-9-11-22(23)15-16-24(27)30(26)5;2-1(3)4;;;/h19-25,28-33,40H,5-18,26-27,34-39H2,1-4H3;3-25,32H,26-31H2,1-2H3;6-16,21H,17-20H2,1-5H3;;3*1H/q;;+1;;;;/p-1. The van der Waals surface area contributed by atoms with Crippen LogP contribution in [0.2, 0.25) is 0 Å². The van der Waals surface area contributed by atoms with Crippen LogP contribution >= 0.6 is 0 Å². The molecule has 0 saturated carbocycles. The van der Waals surface area contributed by atoms with Crippen molar-refractivity contribution in [1.29, 1.82) is 0 Å². The Bertz CT molecular complexity index is 5920. The number of carbonyl (C=O) groups excluding carboxylic acids is 3. The molecule has 0 amide bonds. The van der Waals surface area contributed by atoms with Gasteiger partial charge in [-0.15, -0.1) is 0 Å². The predicted molar refractivity (Wildman–Crippen MR) is 572 cm³/mol. The molecule has 0 aliphatic carbocycles. The molecule has 16 nitrogen and oxygen atoms in total. The Kier molecular flexibility index (Phi) is 47.6. The van der Waals surface area contributed by atoms with Crippen molar-refractivity contribution in [2.24, 2.45) is 5.41 Å². The molecule has 6 heterocycles. The number of carbonyl (C=O) groups is 5. The number of ether oxygens (including phenoxy) is 3. The Morgan fingerprint density at radius 2 is 0.847 bits per heavy atom. The largest absolute Gasteiger partial charge is 1.00 e. The lowest BCUT2D eigenvalue weighted by molar-refractivity contribution is -0.521. The maximum absolute atomic E-state index is 12.0. The summed E-state index contributed by atoms with van der Waals surface area (Å²) in [5.41, 5.74) is 21.0. The number of fused-ring (bicyclic) bond motifs is 7. The molecule has 6 aliphatic heterocycles. The van der Waals surface area contributed by atoms with E-state index in [9.17, 15) is 47.1 Å². The van der Waals surface area contributed by atoms with E-state index in [1.54, 1.807) is 0 Å². The lowest BCUT2D eigenvalue weighted by Gasteiger charge is -2.34. The van der Waals surface area contributed by atoms with E-state index in [2.05, 4.69) is 366 Å². The number of nitrogens with zero attached hydrogens (tertiary/aromatic N) is 6. The van der Waals surface area contributed by atoms with Crippen molar-refractivity contribution in [3.63, 3.8) is 0 Å². The SMILES string of the molecule is CC1(Cc2ccccc2)C(/C=C/C=C/C=C2/N(CCOC=O)c3ccccc3C2(C)Cc2ccccc2)=[N+](CCC(=O)O)c2ccccc21.CCCCCCCCCCC1(CCCCCCCCCC)\C(=C/C=C/C=C/C2=[N+](CCOC=O)c3ccccc3C2(C)C)N(CCC(=O)O)c2ccccc21.CN1C(=CC=CC=CC2=[N+](CCOC=O)CCC2(C)C)C(C)(C)c2c1ccc1ccccc21.FB(F)F.[F-].[I-].[I-]. The van der Waals surface area contributed by atoms with Crippen molar-refractivity contribution in [2.45, 2.75) is 244 Å². The quantitative estimate of drug-likeness (QED) is 0.00540. The highest BCUT2D eigenvalue weighted by Gasteiger charge is 2.51. The molecule has 14 rings (SSSR count). The van der Waals surface area contributed by atoms with Crippen molar-refractivity contribution >= 4 is 95.2 Å². The molecule has 0 saturated heterocycles. The van der Waals surface area contributed by atoms with E-state index in [-0.39, 0.29) is 105 Å². The number of rotatable bonds is 49. The van der Waals surface area contributed by atoms with E-state index in [1.165, 1.54) is 181 Å². The van der Waals surface area contributed by atoms with Gasteiger partial charge >= 0.3 is 19.5 Å². The second-order valence-corrected chi connectivity index (χ2v) is 39.8. The van der Waals surface area contributed by atoms with Crippen LogP contribution in [-0.2, 0) is 78.1 Å². The second-order valence-electron chi connectivity index (χ2n) is 39.8. The molecule has 2 N–H and O–H groups in total. The molecule has 2 unspecified atom stereocenters. The summed E-state index contributed by atoms with van der Waals surface area (Å²) in [7, 11) is -1.51. The lowest BCUT2D eigenvalue weighted by Crippen LogP contribution is -3.00. The fraction of sp³-hybridized carbons (Fsp3) is 0.405.